The molecule has 0 atom stereocenters. The van der Waals surface area contributed by atoms with Gasteiger partial charge in [-0.15, -0.1) is 11.3 Å². The van der Waals surface area contributed by atoms with Crippen molar-refractivity contribution in [2.24, 2.45) is 0 Å². The van der Waals surface area contributed by atoms with Crippen LogP contribution in [0, 0.1) is 0 Å². The summed E-state index contributed by atoms with van der Waals surface area (Å²) in [5.41, 5.74) is 2.49. The molecule has 1 aromatic heterocycles. The predicted molar refractivity (Wildman–Crippen MR) is 112 cm³/mol. The molecule has 2 aromatic carbocycles. The van der Waals surface area contributed by atoms with Gasteiger partial charge in [-0.25, -0.2) is 4.79 Å². The van der Waals surface area contributed by atoms with Gasteiger partial charge in [-0.1, -0.05) is 42.5 Å². The molecule has 0 fully saturated rings. The molecule has 5 nitrogen and oxygen atoms in total. The Morgan fingerprint density at radius 1 is 1.18 bits per heavy atom. The summed E-state index contributed by atoms with van der Waals surface area (Å²) in [4.78, 5) is 28.5. The van der Waals surface area contributed by atoms with Crippen molar-refractivity contribution in [2.45, 2.75) is 19.4 Å². The van der Waals surface area contributed by atoms with Gasteiger partial charge in [0.15, 0.2) is 0 Å². The monoisotopic (exact) mass is 394 g/mol. The first-order valence-corrected chi connectivity index (χ1v) is 10.1. The molecule has 3 aromatic rings. The van der Waals surface area contributed by atoms with Crippen LogP contribution in [0.2, 0.25) is 0 Å². The van der Waals surface area contributed by atoms with E-state index in [0.29, 0.717) is 10.6 Å². The van der Waals surface area contributed by atoms with Crippen molar-refractivity contribution in [1.29, 1.82) is 0 Å². The second-order valence-electron chi connectivity index (χ2n) is 7.05. The van der Waals surface area contributed by atoms with E-state index in [1.54, 1.807) is 0 Å². The molecule has 0 aliphatic carbocycles. The predicted octanol–water partition coefficient (Wildman–Crippen LogP) is 3.86. The Balaban J connectivity index is 1.61. The number of hydrogen-bond donors (Lipinski definition) is 1. The minimum atomic E-state index is -0.387. The number of carbonyl (C=O) groups excluding carboxylic acids is 2. The van der Waals surface area contributed by atoms with Gasteiger partial charge in [0.1, 0.15) is 5.00 Å². The fourth-order valence-electron chi connectivity index (χ4n) is 3.73. The van der Waals surface area contributed by atoms with Crippen LogP contribution in [-0.2, 0) is 28.9 Å². The highest BCUT2D eigenvalue weighted by Gasteiger charge is 2.28. The highest BCUT2D eigenvalue weighted by atomic mass is 32.1. The van der Waals surface area contributed by atoms with Crippen molar-refractivity contribution in [3.8, 4) is 0 Å². The summed E-state index contributed by atoms with van der Waals surface area (Å²) in [6.45, 7) is 1.67. The van der Waals surface area contributed by atoms with Crippen molar-refractivity contribution in [3.05, 3.63) is 64.0 Å². The van der Waals surface area contributed by atoms with Crippen LogP contribution in [0.3, 0.4) is 0 Å². The van der Waals surface area contributed by atoms with E-state index in [2.05, 4.69) is 17.3 Å². The van der Waals surface area contributed by atoms with Crippen molar-refractivity contribution >= 4 is 39.0 Å². The molecule has 4 rings (SSSR count). The largest absolute Gasteiger partial charge is 0.465 e. The average molecular weight is 394 g/mol. The smallest absolute Gasteiger partial charge is 0.341 e. The number of hydrogen-bond acceptors (Lipinski definition) is 5. The fraction of sp³-hybridized carbons (Fsp3) is 0.273. The minimum Gasteiger partial charge on any atom is -0.465 e. The molecule has 0 bridgehead atoms. The molecule has 2 heterocycles. The summed E-state index contributed by atoms with van der Waals surface area (Å²) in [7, 11) is 3.43. The Bertz CT molecular complexity index is 1050. The van der Waals surface area contributed by atoms with Crippen molar-refractivity contribution in [1.82, 2.24) is 4.90 Å². The number of nitrogens with zero attached hydrogens (tertiary/aromatic N) is 1. The lowest BCUT2D eigenvalue weighted by Crippen LogP contribution is -2.26. The number of nitrogens with one attached hydrogen (secondary N) is 1. The van der Waals surface area contributed by atoms with Crippen LogP contribution in [0.1, 0.15) is 26.4 Å². The molecule has 0 spiro atoms. The van der Waals surface area contributed by atoms with Crippen LogP contribution in [0.5, 0.6) is 0 Å². The summed E-state index contributed by atoms with van der Waals surface area (Å²) < 4.78 is 4.99. The van der Waals surface area contributed by atoms with E-state index in [9.17, 15) is 9.59 Å². The fourth-order valence-corrected chi connectivity index (χ4v) is 5.06. The Morgan fingerprint density at radius 3 is 2.79 bits per heavy atom. The molecule has 0 radical (unpaired) electrons. The molecule has 28 heavy (non-hydrogen) atoms. The molecule has 144 valence electrons. The third-order valence-corrected chi connectivity index (χ3v) is 6.25. The van der Waals surface area contributed by atoms with E-state index < -0.39 is 0 Å². The summed E-state index contributed by atoms with van der Waals surface area (Å²) >= 11 is 1.48. The zero-order chi connectivity index (χ0) is 19.7. The van der Waals surface area contributed by atoms with E-state index in [-0.39, 0.29) is 18.3 Å². The number of anilines is 1. The third-order valence-electron chi connectivity index (χ3n) is 5.12. The molecular formula is C22H22N2O3S. The van der Waals surface area contributed by atoms with Gasteiger partial charge >= 0.3 is 5.97 Å². The van der Waals surface area contributed by atoms with Gasteiger partial charge in [0.25, 0.3) is 0 Å². The molecule has 0 saturated carbocycles. The van der Waals surface area contributed by atoms with Crippen LogP contribution in [0.25, 0.3) is 10.8 Å². The van der Waals surface area contributed by atoms with Crippen LogP contribution >= 0.6 is 11.3 Å². The molecule has 0 unspecified atom stereocenters. The Kier molecular flexibility index (Phi) is 5.15. The number of carbonyl (C=O) groups is 2. The van der Waals surface area contributed by atoms with Crippen LogP contribution < -0.4 is 5.32 Å². The molecule has 1 aliphatic rings. The number of likely N-dealkylation sites (N-methyl/N-ethyl adjacent to an activating group) is 1. The summed E-state index contributed by atoms with van der Waals surface area (Å²) in [5.74, 6) is -0.518. The van der Waals surface area contributed by atoms with Gasteiger partial charge < -0.3 is 15.0 Å². The highest BCUT2D eigenvalue weighted by Crippen LogP contribution is 2.37. The number of rotatable bonds is 4. The number of benzene rings is 2. The highest BCUT2D eigenvalue weighted by molar-refractivity contribution is 7.17. The van der Waals surface area contributed by atoms with Crippen molar-refractivity contribution in [2.75, 3.05) is 26.0 Å². The average Bonchev–Trinajstić information content (AvgIpc) is 3.04. The van der Waals surface area contributed by atoms with Gasteiger partial charge in [0, 0.05) is 18.0 Å². The van der Waals surface area contributed by atoms with E-state index in [1.807, 2.05) is 42.5 Å². The van der Waals surface area contributed by atoms with Gasteiger partial charge in [-0.05, 0) is 35.4 Å². The Labute approximate surface area is 167 Å². The lowest BCUT2D eigenvalue weighted by atomic mass is 10.0. The first-order chi connectivity index (χ1) is 13.6. The molecule has 6 heteroatoms. The number of methoxy groups -OCH3 is 1. The number of thiophene rings is 1. The Hall–Kier alpha value is -2.70. The maximum atomic E-state index is 12.8. The summed E-state index contributed by atoms with van der Waals surface area (Å²) in [5, 5.41) is 5.74. The second-order valence-corrected chi connectivity index (χ2v) is 8.16. The number of amides is 1. The lowest BCUT2D eigenvalue weighted by Gasteiger charge is -2.22. The van der Waals surface area contributed by atoms with Gasteiger partial charge in [-0.2, -0.15) is 0 Å². The first-order valence-electron chi connectivity index (χ1n) is 9.24. The van der Waals surface area contributed by atoms with Gasteiger partial charge in [0.2, 0.25) is 5.91 Å². The van der Waals surface area contributed by atoms with Gasteiger partial charge in [0.05, 0.1) is 19.1 Å². The first kappa shape index (κ1) is 18.7. The van der Waals surface area contributed by atoms with Crippen LogP contribution in [0.15, 0.2) is 42.5 Å². The maximum Gasteiger partial charge on any atom is 0.341 e. The SMILES string of the molecule is COC(=O)c1c(NC(=O)Cc2cccc3ccccc23)sc2c1CCN(C)C2. The summed E-state index contributed by atoms with van der Waals surface area (Å²) in [6.07, 6.45) is 1.04. The van der Waals surface area contributed by atoms with Crippen molar-refractivity contribution in [3.63, 3.8) is 0 Å². The number of fused-ring (bicyclic) bond motifs is 2. The Morgan fingerprint density at radius 2 is 1.96 bits per heavy atom. The minimum absolute atomic E-state index is 0.131. The van der Waals surface area contributed by atoms with E-state index in [1.165, 1.54) is 18.4 Å². The van der Waals surface area contributed by atoms with Crippen LogP contribution in [0.4, 0.5) is 5.00 Å². The van der Waals surface area contributed by atoms with E-state index in [0.717, 1.165) is 46.3 Å². The molecule has 1 aliphatic heterocycles. The normalized spacial score (nSPS) is 13.9. The topological polar surface area (TPSA) is 58.6 Å². The molecule has 1 amide bonds. The quantitative estimate of drug-likeness (QED) is 0.683. The summed E-state index contributed by atoms with van der Waals surface area (Å²) in [6, 6.07) is 14.0. The third kappa shape index (κ3) is 3.53. The van der Waals surface area contributed by atoms with E-state index in [4.69, 9.17) is 4.74 Å². The lowest BCUT2D eigenvalue weighted by molar-refractivity contribution is -0.115. The van der Waals surface area contributed by atoms with E-state index >= 15 is 0 Å². The maximum absolute atomic E-state index is 12.8. The molecule has 1 N–H and O–H groups in total. The number of ether oxygens (including phenoxy) is 1. The van der Waals surface area contributed by atoms with Crippen LogP contribution in [-0.4, -0.2) is 37.5 Å². The molecule has 0 saturated heterocycles. The van der Waals surface area contributed by atoms with Gasteiger partial charge in [-0.3, -0.25) is 4.79 Å². The molecular weight excluding hydrogens is 372 g/mol. The number of esters is 1. The zero-order valence-corrected chi connectivity index (χ0v) is 16.8. The zero-order valence-electron chi connectivity index (χ0n) is 16.0. The van der Waals surface area contributed by atoms with Crippen molar-refractivity contribution < 1.29 is 14.3 Å². The standard InChI is InChI=1S/C22H22N2O3S/c1-24-11-10-17-18(13-24)28-21(20(17)22(26)27-2)23-19(25)12-15-8-5-7-14-6-3-4-9-16(14)15/h3-9H,10-13H2,1-2H3,(H,23,25). The second kappa shape index (κ2) is 7.73.